The number of nitrogens with one attached hydrogen (secondary N) is 1. The predicted octanol–water partition coefficient (Wildman–Crippen LogP) is 2.96. The summed E-state index contributed by atoms with van der Waals surface area (Å²) >= 11 is 3.45. The third kappa shape index (κ3) is 3.51. The van der Waals surface area contributed by atoms with E-state index in [0.29, 0.717) is 11.5 Å². The Bertz CT molecular complexity index is 793. The highest BCUT2D eigenvalue weighted by Crippen LogP contribution is 2.10. The van der Waals surface area contributed by atoms with E-state index in [9.17, 15) is 0 Å². The molecule has 2 aromatic heterocycles. The highest BCUT2D eigenvalue weighted by molar-refractivity contribution is 9.12. The minimum Gasteiger partial charge on any atom is -0.260 e. The lowest BCUT2D eigenvalue weighted by Gasteiger charge is -1.99. The minimum atomic E-state index is 0.610. The molecule has 0 spiro atoms. The average molecular weight is 343 g/mol. The molecule has 0 amide bonds. The van der Waals surface area contributed by atoms with E-state index >= 15 is 0 Å². The first-order valence-electron chi connectivity index (χ1n) is 6.20. The molecule has 0 unspecified atom stereocenters. The van der Waals surface area contributed by atoms with E-state index in [2.05, 4.69) is 41.8 Å². The smallest absolute Gasteiger partial charge is 0.177 e. The third-order valence-corrected chi connectivity index (χ3v) is 3.07. The highest BCUT2D eigenvalue weighted by atomic mass is 79.9. The van der Waals surface area contributed by atoms with Crippen LogP contribution in [0.1, 0.15) is 5.56 Å². The minimum absolute atomic E-state index is 0.610. The third-order valence-electron chi connectivity index (χ3n) is 2.63. The van der Waals surface area contributed by atoms with Crippen molar-refractivity contribution in [1.82, 2.24) is 19.8 Å². The van der Waals surface area contributed by atoms with Crippen LogP contribution in [0.3, 0.4) is 0 Å². The standard InChI is InChI=1S/C14H11BrN6/c15-12(8-11-4-2-1-3-5-11)9-16-18-13-6-7-14-19-17-10-21(14)20-13/h1-10H,(H,18,20)/b12-8-,16-9?. The summed E-state index contributed by atoms with van der Waals surface area (Å²) < 4.78 is 2.43. The molecular formula is C14H11BrN6. The van der Waals surface area contributed by atoms with E-state index in [1.807, 2.05) is 42.5 Å². The fourth-order valence-electron chi connectivity index (χ4n) is 1.69. The molecule has 0 aliphatic carbocycles. The maximum absolute atomic E-state index is 4.25. The second-order valence-corrected chi connectivity index (χ2v) is 5.08. The molecule has 6 nitrogen and oxygen atoms in total. The van der Waals surface area contributed by atoms with Gasteiger partial charge in [-0.05, 0) is 39.7 Å². The molecule has 7 heteroatoms. The van der Waals surface area contributed by atoms with Crippen LogP contribution in [0.2, 0.25) is 0 Å². The molecule has 0 fully saturated rings. The van der Waals surface area contributed by atoms with Crippen LogP contribution < -0.4 is 5.43 Å². The molecule has 0 radical (unpaired) electrons. The van der Waals surface area contributed by atoms with Crippen molar-refractivity contribution in [3.05, 3.63) is 58.8 Å². The Morgan fingerprint density at radius 3 is 2.90 bits per heavy atom. The van der Waals surface area contributed by atoms with Gasteiger partial charge in [0.25, 0.3) is 0 Å². The first-order chi connectivity index (χ1) is 10.3. The summed E-state index contributed by atoms with van der Waals surface area (Å²) in [5.41, 5.74) is 4.64. The van der Waals surface area contributed by atoms with Crippen LogP contribution in [0.4, 0.5) is 5.82 Å². The molecule has 1 N–H and O–H groups in total. The first-order valence-corrected chi connectivity index (χ1v) is 6.99. The first kappa shape index (κ1) is 13.4. The molecule has 0 atom stereocenters. The number of fused-ring (bicyclic) bond motifs is 1. The van der Waals surface area contributed by atoms with Crippen LogP contribution in [-0.2, 0) is 0 Å². The van der Waals surface area contributed by atoms with Crippen molar-refractivity contribution in [2.24, 2.45) is 5.10 Å². The Kier molecular flexibility index (Phi) is 4.02. The SMILES string of the molecule is Br/C(C=NNc1ccc2nncn2n1)=C\c1ccccc1. The van der Waals surface area contributed by atoms with Gasteiger partial charge in [-0.15, -0.1) is 15.3 Å². The molecule has 1 aromatic carbocycles. The van der Waals surface area contributed by atoms with Crippen molar-refractivity contribution in [2.45, 2.75) is 0 Å². The zero-order valence-corrected chi connectivity index (χ0v) is 12.5. The summed E-state index contributed by atoms with van der Waals surface area (Å²) in [6, 6.07) is 13.6. The monoisotopic (exact) mass is 342 g/mol. The molecule has 0 bridgehead atoms. The van der Waals surface area contributed by atoms with Gasteiger partial charge in [0.05, 0.1) is 6.21 Å². The molecule has 21 heavy (non-hydrogen) atoms. The Labute approximate surface area is 129 Å². The van der Waals surface area contributed by atoms with Crippen molar-refractivity contribution in [2.75, 3.05) is 5.43 Å². The molecule has 104 valence electrons. The maximum Gasteiger partial charge on any atom is 0.177 e. The van der Waals surface area contributed by atoms with Gasteiger partial charge in [0.15, 0.2) is 11.5 Å². The van der Waals surface area contributed by atoms with Gasteiger partial charge in [0.2, 0.25) is 0 Å². The summed E-state index contributed by atoms with van der Waals surface area (Å²) in [4.78, 5) is 0. The van der Waals surface area contributed by atoms with Gasteiger partial charge in [0.1, 0.15) is 6.33 Å². The average Bonchev–Trinajstić information content (AvgIpc) is 2.96. The topological polar surface area (TPSA) is 67.5 Å². The van der Waals surface area contributed by atoms with Crippen LogP contribution in [0.15, 0.2) is 58.4 Å². The Morgan fingerprint density at radius 1 is 1.19 bits per heavy atom. The Balaban J connectivity index is 1.67. The second kappa shape index (κ2) is 6.27. The Morgan fingerprint density at radius 2 is 2.05 bits per heavy atom. The normalized spacial score (nSPS) is 12.1. The molecule has 0 aliphatic rings. The lowest BCUT2D eigenvalue weighted by Crippen LogP contribution is -1.97. The zero-order chi connectivity index (χ0) is 14.5. The van der Waals surface area contributed by atoms with Gasteiger partial charge in [0, 0.05) is 4.48 Å². The fourth-order valence-corrected chi connectivity index (χ4v) is 2.06. The van der Waals surface area contributed by atoms with E-state index in [0.717, 1.165) is 10.0 Å². The highest BCUT2D eigenvalue weighted by Gasteiger charge is 1.97. The second-order valence-electron chi connectivity index (χ2n) is 4.16. The summed E-state index contributed by atoms with van der Waals surface area (Å²) in [5, 5.41) is 16.0. The van der Waals surface area contributed by atoms with E-state index in [1.165, 1.54) is 6.33 Å². The number of hydrazone groups is 1. The number of aromatic nitrogens is 4. The van der Waals surface area contributed by atoms with E-state index in [4.69, 9.17) is 0 Å². The van der Waals surface area contributed by atoms with Crippen LogP contribution >= 0.6 is 15.9 Å². The van der Waals surface area contributed by atoms with Crippen LogP contribution in [-0.4, -0.2) is 26.0 Å². The molecule has 3 rings (SSSR count). The van der Waals surface area contributed by atoms with Gasteiger partial charge in [-0.25, -0.2) is 0 Å². The molecule has 2 heterocycles. The maximum atomic E-state index is 4.25. The number of benzene rings is 1. The molecule has 0 aliphatic heterocycles. The van der Waals surface area contributed by atoms with E-state index in [-0.39, 0.29) is 0 Å². The Hall–Kier alpha value is -2.54. The molecule has 0 saturated heterocycles. The number of halogens is 1. The van der Waals surface area contributed by atoms with Crippen LogP contribution in [0, 0.1) is 0 Å². The molecular weight excluding hydrogens is 332 g/mol. The van der Waals surface area contributed by atoms with E-state index < -0.39 is 0 Å². The summed E-state index contributed by atoms with van der Waals surface area (Å²) in [6.45, 7) is 0. The van der Waals surface area contributed by atoms with Gasteiger partial charge in [-0.3, -0.25) is 5.43 Å². The number of anilines is 1. The van der Waals surface area contributed by atoms with Crippen molar-refractivity contribution in [3.8, 4) is 0 Å². The van der Waals surface area contributed by atoms with Crippen molar-refractivity contribution in [1.29, 1.82) is 0 Å². The van der Waals surface area contributed by atoms with Gasteiger partial charge in [-0.2, -0.15) is 9.62 Å². The predicted molar refractivity (Wildman–Crippen MR) is 86.2 cm³/mol. The number of hydrogen-bond donors (Lipinski definition) is 1. The molecule has 0 saturated carbocycles. The fraction of sp³-hybridized carbons (Fsp3) is 0. The van der Waals surface area contributed by atoms with Gasteiger partial charge in [-0.1, -0.05) is 30.3 Å². The largest absolute Gasteiger partial charge is 0.260 e. The number of nitrogens with zero attached hydrogens (tertiary/aromatic N) is 5. The van der Waals surface area contributed by atoms with Crippen molar-refractivity contribution < 1.29 is 0 Å². The lowest BCUT2D eigenvalue weighted by molar-refractivity contribution is 0.925. The zero-order valence-electron chi connectivity index (χ0n) is 10.9. The van der Waals surface area contributed by atoms with Gasteiger partial charge < -0.3 is 0 Å². The number of rotatable bonds is 4. The summed E-state index contributed by atoms with van der Waals surface area (Å²) in [6.07, 6.45) is 5.18. The lowest BCUT2D eigenvalue weighted by atomic mass is 10.2. The van der Waals surface area contributed by atoms with Gasteiger partial charge >= 0.3 is 0 Å². The van der Waals surface area contributed by atoms with Crippen molar-refractivity contribution >= 4 is 39.7 Å². The quantitative estimate of drug-likeness (QED) is 0.584. The van der Waals surface area contributed by atoms with E-state index in [1.54, 1.807) is 16.8 Å². The number of allylic oxidation sites excluding steroid dienone is 1. The number of hydrogen-bond acceptors (Lipinski definition) is 5. The summed E-state index contributed by atoms with van der Waals surface area (Å²) in [5.74, 6) is 0.610. The molecule has 3 aromatic rings. The van der Waals surface area contributed by atoms with Crippen molar-refractivity contribution in [3.63, 3.8) is 0 Å². The summed E-state index contributed by atoms with van der Waals surface area (Å²) in [7, 11) is 0. The van der Waals surface area contributed by atoms with Crippen LogP contribution in [0.5, 0.6) is 0 Å². The van der Waals surface area contributed by atoms with Crippen LogP contribution in [0.25, 0.3) is 11.7 Å².